The van der Waals surface area contributed by atoms with Gasteiger partial charge >= 0.3 is 0 Å². The van der Waals surface area contributed by atoms with Crippen molar-refractivity contribution in [3.8, 4) is 0 Å². The van der Waals surface area contributed by atoms with Crippen molar-refractivity contribution in [3.05, 3.63) is 67.5 Å². The average molecular weight is 448 g/mol. The van der Waals surface area contributed by atoms with Crippen LogP contribution in [0.2, 0.25) is 0 Å². The molecule has 1 atom stereocenters. The molecule has 2 aromatic carbocycles. The molecule has 20 heavy (non-hydrogen) atoms. The summed E-state index contributed by atoms with van der Waals surface area (Å²) in [5.74, 6) is -0.202. The van der Waals surface area contributed by atoms with Crippen molar-refractivity contribution in [1.82, 2.24) is 5.32 Å². The van der Waals surface area contributed by atoms with Crippen molar-refractivity contribution in [2.75, 3.05) is 6.54 Å². The van der Waals surface area contributed by atoms with E-state index in [1.54, 1.807) is 6.07 Å². The predicted octanol–water partition coefficient (Wildman–Crippen LogP) is 5.09. The summed E-state index contributed by atoms with van der Waals surface area (Å²) in [6, 6.07) is 13.7. The molecule has 1 unspecified atom stereocenters. The molecular formula is C16H16BrFIN. The highest BCUT2D eigenvalue weighted by Crippen LogP contribution is 2.23. The van der Waals surface area contributed by atoms with Crippen molar-refractivity contribution < 1.29 is 4.39 Å². The highest BCUT2D eigenvalue weighted by molar-refractivity contribution is 14.1. The van der Waals surface area contributed by atoms with E-state index >= 15 is 0 Å². The van der Waals surface area contributed by atoms with Crippen LogP contribution in [-0.4, -0.2) is 6.54 Å². The molecule has 0 aliphatic rings. The minimum atomic E-state index is -0.202. The first-order valence-electron chi connectivity index (χ1n) is 6.52. The molecule has 1 N–H and O–H groups in total. The van der Waals surface area contributed by atoms with Crippen LogP contribution in [0, 0.1) is 9.39 Å². The van der Waals surface area contributed by atoms with E-state index in [-0.39, 0.29) is 11.9 Å². The minimum absolute atomic E-state index is 0.198. The molecule has 0 radical (unpaired) electrons. The Kier molecular flexibility index (Phi) is 5.99. The summed E-state index contributed by atoms with van der Waals surface area (Å²) in [5, 5.41) is 3.47. The maximum Gasteiger partial charge on any atom is 0.124 e. The van der Waals surface area contributed by atoms with E-state index in [9.17, 15) is 4.39 Å². The van der Waals surface area contributed by atoms with Crippen LogP contribution < -0.4 is 5.32 Å². The summed E-state index contributed by atoms with van der Waals surface area (Å²) in [6.45, 7) is 2.97. The number of likely N-dealkylation sites (N-methyl/N-ethyl adjacent to an activating group) is 1. The second-order valence-electron chi connectivity index (χ2n) is 4.65. The van der Waals surface area contributed by atoms with Crippen molar-refractivity contribution in [1.29, 1.82) is 0 Å². The fraction of sp³-hybridized carbons (Fsp3) is 0.250. The first-order chi connectivity index (χ1) is 9.58. The molecule has 1 nitrogen and oxygen atoms in total. The van der Waals surface area contributed by atoms with Crippen LogP contribution in [0.1, 0.15) is 24.1 Å². The van der Waals surface area contributed by atoms with Crippen molar-refractivity contribution >= 4 is 38.5 Å². The fourth-order valence-electron chi connectivity index (χ4n) is 2.24. The molecule has 0 heterocycles. The van der Waals surface area contributed by atoms with E-state index in [0.717, 1.165) is 23.0 Å². The maximum absolute atomic E-state index is 13.5. The number of rotatable bonds is 5. The van der Waals surface area contributed by atoms with Gasteiger partial charge in [0, 0.05) is 14.1 Å². The second kappa shape index (κ2) is 7.52. The third-order valence-corrected chi connectivity index (χ3v) is 4.19. The molecule has 0 aliphatic heterocycles. The normalized spacial score (nSPS) is 12.4. The predicted molar refractivity (Wildman–Crippen MR) is 93.4 cm³/mol. The highest BCUT2D eigenvalue weighted by Gasteiger charge is 2.12. The van der Waals surface area contributed by atoms with E-state index in [1.807, 2.05) is 6.07 Å². The molecule has 0 saturated carbocycles. The molecule has 106 valence electrons. The van der Waals surface area contributed by atoms with Gasteiger partial charge in [-0.15, -0.1) is 0 Å². The summed E-state index contributed by atoms with van der Waals surface area (Å²) in [5.41, 5.74) is 2.22. The summed E-state index contributed by atoms with van der Waals surface area (Å²) in [4.78, 5) is 0. The number of hydrogen-bond donors (Lipinski definition) is 1. The maximum atomic E-state index is 13.5. The van der Waals surface area contributed by atoms with E-state index < -0.39 is 0 Å². The van der Waals surface area contributed by atoms with Gasteiger partial charge in [0.2, 0.25) is 0 Å². The fourth-order valence-corrected chi connectivity index (χ4v) is 3.32. The van der Waals surface area contributed by atoms with Gasteiger partial charge in [0.15, 0.2) is 0 Å². The lowest BCUT2D eigenvalue weighted by atomic mass is 9.99. The molecule has 0 spiro atoms. The van der Waals surface area contributed by atoms with Crippen LogP contribution in [-0.2, 0) is 6.42 Å². The highest BCUT2D eigenvalue weighted by atomic mass is 127. The molecular weight excluding hydrogens is 432 g/mol. The lowest BCUT2D eigenvalue weighted by Crippen LogP contribution is -2.23. The third-order valence-electron chi connectivity index (χ3n) is 3.06. The van der Waals surface area contributed by atoms with Crippen molar-refractivity contribution in [2.45, 2.75) is 19.4 Å². The lowest BCUT2D eigenvalue weighted by Gasteiger charge is -2.19. The van der Waals surface area contributed by atoms with Gasteiger partial charge in [-0.1, -0.05) is 35.0 Å². The van der Waals surface area contributed by atoms with Crippen LogP contribution in [0.4, 0.5) is 4.39 Å². The molecule has 0 aliphatic carbocycles. The molecule has 0 amide bonds. The van der Waals surface area contributed by atoms with Crippen LogP contribution in [0.15, 0.2) is 46.9 Å². The Morgan fingerprint density at radius 1 is 1.25 bits per heavy atom. The topological polar surface area (TPSA) is 12.0 Å². The van der Waals surface area contributed by atoms with Gasteiger partial charge in [-0.2, -0.15) is 0 Å². The Bertz CT molecular complexity index is 568. The summed E-state index contributed by atoms with van der Waals surface area (Å²) in [7, 11) is 0. The van der Waals surface area contributed by atoms with Gasteiger partial charge in [0.25, 0.3) is 0 Å². The van der Waals surface area contributed by atoms with Crippen LogP contribution in [0.25, 0.3) is 0 Å². The van der Waals surface area contributed by atoms with E-state index in [2.05, 4.69) is 75.0 Å². The molecule has 0 saturated heterocycles. The number of nitrogens with one attached hydrogen (secondary N) is 1. The zero-order valence-electron chi connectivity index (χ0n) is 11.2. The quantitative estimate of drug-likeness (QED) is 0.629. The minimum Gasteiger partial charge on any atom is -0.310 e. The monoisotopic (exact) mass is 447 g/mol. The standard InChI is InChI=1S/C16H16BrFIN/c1-2-20-16(12-4-3-5-15(19)9-12)8-11-6-13(17)10-14(18)7-11/h3-7,9-10,16,20H,2,8H2,1H3. The Morgan fingerprint density at radius 3 is 2.70 bits per heavy atom. The third kappa shape index (κ3) is 4.53. The summed E-state index contributed by atoms with van der Waals surface area (Å²) in [6.07, 6.45) is 0.768. The van der Waals surface area contributed by atoms with Crippen LogP contribution in [0.5, 0.6) is 0 Å². The smallest absolute Gasteiger partial charge is 0.124 e. The Hall–Kier alpha value is -0.460. The zero-order chi connectivity index (χ0) is 14.5. The number of halogens is 3. The van der Waals surface area contributed by atoms with Crippen molar-refractivity contribution in [2.24, 2.45) is 0 Å². The van der Waals surface area contributed by atoms with E-state index in [1.165, 1.54) is 15.2 Å². The lowest BCUT2D eigenvalue weighted by molar-refractivity contribution is 0.546. The van der Waals surface area contributed by atoms with E-state index in [4.69, 9.17) is 0 Å². The molecule has 2 rings (SSSR count). The molecule has 2 aromatic rings. The van der Waals surface area contributed by atoms with Gasteiger partial charge in [0.05, 0.1) is 0 Å². The van der Waals surface area contributed by atoms with Gasteiger partial charge in [-0.05, 0) is 77.0 Å². The van der Waals surface area contributed by atoms with Crippen molar-refractivity contribution in [3.63, 3.8) is 0 Å². The Labute approximate surface area is 141 Å². The molecule has 0 aromatic heterocycles. The number of hydrogen-bond acceptors (Lipinski definition) is 1. The Morgan fingerprint density at radius 2 is 2.05 bits per heavy atom. The summed E-state index contributed by atoms with van der Waals surface area (Å²) >= 11 is 5.66. The van der Waals surface area contributed by atoms with Gasteiger partial charge < -0.3 is 5.32 Å². The van der Waals surface area contributed by atoms with Gasteiger partial charge in [0.1, 0.15) is 5.82 Å². The van der Waals surface area contributed by atoms with Crippen LogP contribution in [0.3, 0.4) is 0 Å². The summed E-state index contributed by atoms with van der Waals surface area (Å²) < 4.78 is 15.5. The van der Waals surface area contributed by atoms with Gasteiger partial charge in [-0.25, -0.2) is 4.39 Å². The Balaban J connectivity index is 2.25. The number of benzene rings is 2. The molecule has 4 heteroatoms. The zero-order valence-corrected chi connectivity index (χ0v) is 14.9. The largest absolute Gasteiger partial charge is 0.310 e. The molecule has 0 bridgehead atoms. The first-order valence-corrected chi connectivity index (χ1v) is 8.39. The second-order valence-corrected chi connectivity index (χ2v) is 6.81. The first kappa shape index (κ1) is 15.9. The van der Waals surface area contributed by atoms with Gasteiger partial charge in [-0.3, -0.25) is 0 Å². The van der Waals surface area contributed by atoms with E-state index in [0.29, 0.717) is 0 Å². The average Bonchev–Trinajstić information content (AvgIpc) is 2.37. The SMILES string of the molecule is CCNC(Cc1cc(F)cc(Br)c1)c1cccc(I)c1. The molecule has 0 fully saturated rings. The van der Waals surface area contributed by atoms with Crippen LogP contribution >= 0.6 is 38.5 Å².